The maximum atomic E-state index is 11.1. The summed E-state index contributed by atoms with van der Waals surface area (Å²) in [6, 6.07) is 14.1. The molecule has 2 aromatic carbocycles. The van der Waals surface area contributed by atoms with Crippen LogP contribution in [0.2, 0.25) is 0 Å². The fourth-order valence-corrected chi connectivity index (χ4v) is 5.66. The summed E-state index contributed by atoms with van der Waals surface area (Å²) in [6.45, 7) is 2.28. The van der Waals surface area contributed by atoms with Crippen molar-refractivity contribution in [3.05, 3.63) is 48.0 Å². The quantitative estimate of drug-likeness (QED) is 0.122. The summed E-state index contributed by atoms with van der Waals surface area (Å²) in [4.78, 5) is 0. The molecule has 3 aromatic rings. The molecular weight excluding hydrogens is 512 g/mol. The van der Waals surface area contributed by atoms with Crippen molar-refractivity contribution in [2.75, 3.05) is 6.61 Å². The molecule has 0 spiro atoms. The maximum Gasteiger partial charge on any atom is 0.466 e. The largest absolute Gasteiger partial charge is 0.466 e. The molecular formula is C23H28N2O9S2. The number of benzene rings is 2. The summed E-state index contributed by atoms with van der Waals surface area (Å²) in [5, 5.41) is 45.5. The number of aliphatic hydroxyl groups is 4. The molecule has 0 aliphatic carbocycles. The number of oxime groups is 1. The predicted octanol–water partition coefficient (Wildman–Crippen LogP) is 1.41. The smallest absolute Gasteiger partial charge is 0.394 e. The van der Waals surface area contributed by atoms with Crippen molar-refractivity contribution in [1.29, 1.82) is 0 Å². The van der Waals surface area contributed by atoms with Crippen LogP contribution in [0.4, 0.5) is 0 Å². The van der Waals surface area contributed by atoms with Crippen LogP contribution >= 0.6 is 11.8 Å². The third-order valence-corrected chi connectivity index (χ3v) is 7.55. The molecule has 36 heavy (non-hydrogen) atoms. The first kappa shape index (κ1) is 26.8. The van der Waals surface area contributed by atoms with Crippen molar-refractivity contribution in [2.24, 2.45) is 5.16 Å². The summed E-state index contributed by atoms with van der Waals surface area (Å²) in [5.74, 6) is 0. The van der Waals surface area contributed by atoms with Crippen molar-refractivity contribution >= 4 is 49.0 Å². The predicted molar refractivity (Wildman–Crippen MR) is 135 cm³/mol. The van der Waals surface area contributed by atoms with Crippen LogP contribution in [-0.4, -0.2) is 79.5 Å². The second-order valence-corrected chi connectivity index (χ2v) is 10.6. The molecule has 5 N–H and O–H groups in total. The minimum atomic E-state index is -4.88. The van der Waals surface area contributed by atoms with Crippen LogP contribution in [0.25, 0.3) is 21.8 Å². The molecule has 1 fully saturated rings. The molecule has 0 radical (unpaired) electrons. The van der Waals surface area contributed by atoms with Crippen LogP contribution in [0, 0.1) is 0 Å². The lowest BCUT2D eigenvalue weighted by atomic mass is 10.0. The summed E-state index contributed by atoms with van der Waals surface area (Å²) in [5.41, 5.74) is 1.95. The molecule has 1 aliphatic heterocycles. The third kappa shape index (κ3) is 5.68. The van der Waals surface area contributed by atoms with E-state index in [9.17, 15) is 28.8 Å². The van der Waals surface area contributed by atoms with Gasteiger partial charge in [0.2, 0.25) is 0 Å². The normalized spacial score (nSPS) is 25.5. The minimum Gasteiger partial charge on any atom is -0.394 e. The van der Waals surface area contributed by atoms with Gasteiger partial charge >= 0.3 is 10.4 Å². The van der Waals surface area contributed by atoms with E-state index >= 15 is 0 Å². The number of aliphatic hydroxyl groups excluding tert-OH is 4. The van der Waals surface area contributed by atoms with Crippen molar-refractivity contribution in [1.82, 2.24) is 4.57 Å². The van der Waals surface area contributed by atoms with E-state index in [1.165, 1.54) is 0 Å². The van der Waals surface area contributed by atoms with Gasteiger partial charge in [0, 0.05) is 34.8 Å². The Balaban J connectivity index is 1.57. The molecule has 2 heterocycles. The number of para-hydroxylation sites is 1. The molecule has 5 atom stereocenters. The second kappa shape index (κ2) is 11.0. The van der Waals surface area contributed by atoms with Gasteiger partial charge in [-0.2, -0.15) is 8.42 Å². The lowest BCUT2D eigenvalue weighted by Gasteiger charge is -2.39. The van der Waals surface area contributed by atoms with E-state index in [1.54, 1.807) is 0 Å². The van der Waals surface area contributed by atoms with Crippen LogP contribution in [0.1, 0.15) is 18.9 Å². The molecule has 13 heteroatoms. The molecule has 1 aliphatic rings. The second-order valence-electron chi connectivity index (χ2n) is 8.42. The van der Waals surface area contributed by atoms with E-state index in [4.69, 9.17) is 9.29 Å². The Morgan fingerprint density at radius 1 is 1.08 bits per heavy atom. The summed E-state index contributed by atoms with van der Waals surface area (Å²) in [7, 11) is -4.88. The van der Waals surface area contributed by atoms with Gasteiger partial charge in [-0.25, -0.2) is 4.28 Å². The lowest BCUT2D eigenvalue weighted by Crippen LogP contribution is -2.57. The van der Waals surface area contributed by atoms with Crippen LogP contribution in [0.15, 0.2) is 47.6 Å². The van der Waals surface area contributed by atoms with Crippen molar-refractivity contribution in [2.45, 2.75) is 56.2 Å². The number of aromatic nitrogens is 1. The van der Waals surface area contributed by atoms with Crippen molar-refractivity contribution in [3.63, 3.8) is 0 Å². The van der Waals surface area contributed by atoms with Crippen LogP contribution in [0.3, 0.4) is 0 Å². The van der Waals surface area contributed by atoms with E-state index in [0.29, 0.717) is 6.42 Å². The molecule has 4 rings (SSSR count). The highest BCUT2D eigenvalue weighted by atomic mass is 32.3. The molecule has 0 saturated carbocycles. The fraction of sp³-hybridized carbons (Fsp3) is 0.435. The maximum absolute atomic E-state index is 11.1. The number of ether oxygens (including phenoxy) is 1. The van der Waals surface area contributed by atoms with Gasteiger partial charge in [-0.1, -0.05) is 41.2 Å². The number of hydrogen-bond donors (Lipinski definition) is 5. The molecule has 1 aromatic heterocycles. The number of rotatable bonds is 8. The average molecular weight is 541 g/mol. The Hall–Kier alpha value is -2.23. The third-order valence-electron chi connectivity index (χ3n) is 6.11. The van der Waals surface area contributed by atoms with Crippen LogP contribution < -0.4 is 0 Å². The highest BCUT2D eigenvalue weighted by Gasteiger charge is 2.44. The Morgan fingerprint density at radius 2 is 1.81 bits per heavy atom. The molecule has 0 unspecified atom stereocenters. The number of thioether (sulfide) groups is 1. The monoisotopic (exact) mass is 540 g/mol. The Bertz CT molecular complexity index is 1360. The van der Waals surface area contributed by atoms with Gasteiger partial charge < -0.3 is 29.7 Å². The molecule has 196 valence electrons. The molecule has 0 bridgehead atoms. The van der Waals surface area contributed by atoms with Gasteiger partial charge in [-0.05, 0) is 37.1 Å². The average Bonchev–Trinajstić information content (AvgIpc) is 3.18. The fourth-order valence-electron chi connectivity index (χ4n) is 4.36. The van der Waals surface area contributed by atoms with E-state index in [1.807, 2.05) is 30.3 Å². The standard InChI is InChI=1S/C23H28N2O9S2/c1-2-25-16-6-4-3-5-14(16)15-11-13(7-9-17(15)25)8-10-19(24-34-36(30,31)32)35-23-22(29)21(28)20(27)18(12-26)33-23/h3-7,9,11,18,20-23,26-29H,2,8,10,12H2,1H3,(H,30,31,32)/b24-19-/t18-,20-,21+,22-,23+/m1/s1. The molecule has 11 nitrogen and oxygen atoms in total. The van der Waals surface area contributed by atoms with Gasteiger partial charge in [0.15, 0.2) is 0 Å². The number of nitrogens with zero attached hydrogens (tertiary/aromatic N) is 2. The van der Waals surface area contributed by atoms with Gasteiger partial charge in [0.25, 0.3) is 0 Å². The SMILES string of the molecule is CCn1c2ccccc2c2cc(CC/C(=N/OS(=O)(=O)O)S[C@@H]3O[C@H](CO)[C@@H](O)[C@H](O)[C@H]3O)ccc21. The zero-order valence-corrected chi connectivity index (χ0v) is 21.0. The Morgan fingerprint density at radius 3 is 2.50 bits per heavy atom. The van der Waals surface area contributed by atoms with Crippen LogP contribution in [-0.2, 0) is 32.4 Å². The number of fused-ring (bicyclic) bond motifs is 3. The Kier molecular flexibility index (Phi) is 8.22. The zero-order chi connectivity index (χ0) is 26.0. The molecule has 0 amide bonds. The first-order valence-corrected chi connectivity index (χ1v) is 13.6. The first-order chi connectivity index (χ1) is 17.1. The minimum absolute atomic E-state index is 0.0491. The zero-order valence-electron chi connectivity index (χ0n) is 19.3. The topological polar surface area (TPSA) is 171 Å². The highest BCUT2D eigenvalue weighted by molar-refractivity contribution is 8.14. The van der Waals surface area contributed by atoms with Crippen molar-refractivity contribution < 1.29 is 42.4 Å². The summed E-state index contributed by atoms with van der Waals surface area (Å²) in [6.07, 6.45) is -5.28. The van der Waals surface area contributed by atoms with Crippen LogP contribution in [0.5, 0.6) is 0 Å². The first-order valence-electron chi connectivity index (χ1n) is 11.3. The molecule has 1 saturated heterocycles. The van der Waals surface area contributed by atoms with Gasteiger partial charge in [-0.15, -0.1) is 0 Å². The van der Waals surface area contributed by atoms with Crippen molar-refractivity contribution in [3.8, 4) is 0 Å². The number of hydrogen-bond acceptors (Lipinski definition) is 10. The van der Waals surface area contributed by atoms with Gasteiger partial charge in [-0.3, -0.25) is 4.55 Å². The van der Waals surface area contributed by atoms with E-state index in [0.717, 1.165) is 45.7 Å². The van der Waals surface area contributed by atoms with Gasteiger partial charge in [0.05, 0.1) is 6.61 Å². The van der Waals surface area contributed by atoms with E-state index in [-0.39, 0.29) is 11.5 Å². The van der Waals surface area contributed by atoms with E-state index < -0.39 is 46.9 Å². The van der Waals surface area contributed by atoms with E-state index in [2.05, 4.69) is 33.1 Å². The highest BCUT2D eigenvalue weighted by Crippen LogP contribution is 2.32. The Labute approximate surface area is 211 Å². The lowest BCUT2D eigenvalue weighted by molar-refractivity contribution is -0.205. The van der Waals surface area contributed by atoms with Gasteiger partial charge in [0.1, 0.15) is 34.9 Å². The number of aryl methyl sites for hydroxylation is 2. The summed E-state index contributed by atoms with van der Waals surface area (Å²) < 4.78 is 43.0. The summed E-state index contributed by atoms with van der Waals surface area (Å²) >= 11 is 0.763.